The Kier molecular flexibility index (Phi) is 4.52. The van der Waals surface area contributed by atoms with Gasteiger partial charge in [0.2, 0.25) is 10.0 Å². The molecule has 0 saturated heterocycles. The van der Waals surface area contributed by atoms with E-state index in [1.54, 1.807) is 24.5 Å². The van der Waals surface area contributed by atoms with Crippen LogP contribution in [0.3, 0.4) is 0 Å². The van der Waals surface area contributed by atoms with E-state index in [1.165, 1.54) is 10.5 Å². The molecule has 0 spiro atoms. The van der Waals surface area contributed by atoms with Gasteiger partial charge in [0, 0.05) is 44.2 Å². The number of pyridine rings is 2. The number of aryl methyl sites for hydroxylation is 2. The van der Waals surface area contributed by atoms with Crippen LogP contribution in [-0.2, 0) is 35.8 Å². The van der Waals surface area contributed by atoms with Gasteiger partial charge in [0.1, 0.15) is 10.7 Å². The van der Waals surface area contributed by atoms with E-state index in [0.717, 1.165) is 17.7 Å². The molecule has 0 amide bonds. The molecule has 4 heterocycles. The zero-order valence-electron chi connectivity index (χ0n) is 14.1. The normalized spacial score (nSPS) is 14.9. The van der Waals surface area contributed by atoms with Crippen molar-refractivity contribution in [3.63, 3.8) is 0 Å². The maximum absolute atomic E-state index is 12.7. The van der Waals surface area contributed by atoms with Crippen LogP contribution < -0.4 is 0 Å². The molecule has 3 aromatic heterocycles. The third kappa shape index (κ3) is 3.38. The SMILES string of the molecule is O=S(=O)(c1cccnc1)N1CCc2oc(CCc3cccnc3)nc2C1. The summed E-state index contributed by atoms with van der Waals surface area (Å²) in [6, 6.07) is 7.09. The molecule has 0 fully saturated rings. The van der Waals surface area contributed by atoms with Gasteiger partial charge in [0.05, 0.1) is 12.2 Å². The summed E-state index contributed by atoms with van der Waals surface area (Å²) in [6.45, 7) is 0.602. The Labute approximate surface area is 151 Å². The topological polar surface area (TPSA) is 89.2 Å². The van der Waals surface area contributed by atoms with Crippen LogP contribution in [-0.4, -0.2) is 34.2 Å². The monoisotopic (exact) mass is 370 g/mol. The lowest BCUT2D eigenvalue weighted by atomic mass is 10.1. The van der Waals surface area contributed by atoms with Crippen molar-refractivity contribution >= 4 is 10.0 Å². The average Bonchev–Trinajstić information content (AvgIpc) is 3.10. The van der Waals surface area contributed by atoms with Crippen LogP contribution in [0.15, 0.2) is 58.4 Å². The fourth-order valence-corrected chi connectivity index (χ4v) is 4.35. The molecule has 8 heteroatoms. The van der Waals surface area contributed by atoms with Crippen molar-refractivity contribution in [2.24, 2.45) is 0 Å². The first kappa shape index (κ1) is 16.9. The molecule has 0 N–H and O–H groups in total. The Morgan fingerprint density at radius 1 is 1.08 bits per heavy atom. The number of hydrogen-bond donors (Lipinski definition) is 0. The molecule has 0 saturated carbocycles. The molecule has 134 valence electrons. The number of aromatic nitrogens is 3. The fraction of sp³-hybridized carbons (Fsp3) is 0.278. The molecule has 0 unspecified atom stereocenters. The molecular formula is C18H18N4O3S. The highest BCUT2D eigenvalue weighted by atomic mass is 32.2. The van der Waals surface area contributed by atoms with Crippen molar-refractivity contribution < 1.29 is 12.8 Å². The van der Waals surface area contributed by atoms with Crippen LogP contribution in [0.4, 0.5) is 0 Å². The average molecular weight is 370 g/mol. The summed E-state index contributed by atoms with van der Waals surface area (Å²) >= 11 is 0. The number of oxazole rings is 1. The highest BCUT2D eigenvalue weighted by Crippen LogP contribution is 2.25. The van der Waals surface area contributed by atoms with Gasteiger partial charge in [-0.25, -0.2) is 13.4 Å². The van der Waals surface area contributed by atoms with Gasteiger partial charge in [-0.2, -0.15) is 4.31 Å². The molecule has 1 aliphatic heterocycles. The molecule has 4 rings (SSSR count). The summed E-state index contributed by atoms with van der Waals surface area (Å²) in [6.07, 6.45) is 8.45. The number of sulfonamides is 1. The molecule has 0 atom stereocenters. The van der Waals surface area contributed by atoms with E-state index in [4.69, 9.17) is 4.42 Å². The zero-order chi connectivity index (χ0) is 18.0. The Bertz CT molecular complexity index is 988. The Balaban J connectivity index is 1.48. The quantitative estimate of drug-likeness (QED) is 0.682. The van der Waals surface area contributed by atoms with Crippen LogP contribution in [0, 0.1) is 0 Å². The van der Waals surface area contributed by atoms with Crippen LogP contribution >= 0.6 is 0 Å². The molecule has 0 aromatic carbocycles. The van der Waals surface area contributed by atoms with Crippen LogP contribution in [0.2, 0.25) is 0 Å². The minimum absolute atomic E-state index is 0.198. The second kappa shape index (κ2) is 6.97. The first-order chi connectivity index (χ1) is 12.6. The summed E-state index contributed by atoms with van der Waals surface area (Å²) in [7, 11) is -3.57. The van der Waals surface area contributed by atoms with Crippen LogP contribution in [0.1, 0.15) is 22.9 Å². The van der Waals surface area contributed by atoms with Gasteiger partial charge < -0.3 is 4.42 Å². The number of rotatable bonds is 5. The van der Waals surface area contributed by atoms with Crippen molar-refractivity contribution in [2.75, 3.05) is 6.54 Å². The van der Waals surface area contributed by atoms with Gasteiger partial charge in [-0.15, -0.1) is 0 Å². The molecule has 0 bridgehead atoms. The lowest BCUT2D eigenvalue weighted by molar-refractivity contribution is 0.356. The van der Waals surface area contributed by atoms with Crippen molar-refractivity contribution in [3.05, 3.63) is 72.0 Å². The predicted octanol–water partition coefficient (Wildman–Crippen LogP) is 2.00. The second-order valence-corrected chi connectivity index (χ2v) is 8.05. The second-order valence-electron chi connectivity index (χ2n) is 6.12. The van der Waals surface area contributed by atoms with Crippen molar-refractivity contribution in [1.29, 1.82) is 0 Å². The Morgan fingerprint density at radius 3 is 2.62 bits per heavy atom. The first-order valence-electron chi connectivity index (χ1n) is 8.39. The van der Waals surface area contributed by atoms with Gasteiger partial charge in [0.25, 0.3) is 0 Å². The van der Waals surface area contributed by atoms with Crippen molar-refractivity contribution in [2.45, 2.75) is 30.7 Å². The molecule has 1 aliphatic rings. The van der Waals surface area contributed by atoms with Crippen molar-refractivity contribution in [1.82, 2.24) is 19.3 Å². The minimum atomic E-state index is -3.57. The van der Waals surface area contributed by atoms with E-state index in [2.05, 4.69) is 15.0 Å². The molecule has 0 aliphatic carbocycles. The number of fused-ring (bicyclic) bond motifs is 1. The van der Waals surface area contributed by atoms with Gasteiger partial charge in [0.15, 0.2) is 5.89 Å². The van der Waals surface area contributed by atoms with E-state index < -0.39 is 10.0 Å². The van der Waals surface area contributed by atoms with Gasteiger partial charge in [-0.3, -0.25) is 9.97 Å². The minimum Gasteiger partial charge on any atom is -0.445 e. The van der Waals surface area contributed by atoms with E-state index >= 15 is 0 Å². The lowest BCUT2D eigenvalue weighted by Gasteiger charge is -2.24. The maximum atomic E-state index is 12.7. The predicted molar refractivity (Wildman–Crippen MR) is 93.7 cm³/mol. The lowest BCUT2D eigenvalue weighted by Crippen LogP contribution is -2.35. The fourth-order valence-electron chi connectivity index (χ4n) is 2.99. The van der Waals surface area contributed by atoms with E-state index in [-0.39, 0.29) is 11.4 Å². The summed E-state index contributed by atoms with van der Waals surface area (Å²) in [4.78, 5) is 12.7. The van der Waals surface area contributed by atoms with Gasteiger partial charge >= 0.3 is 0 Å². The summed E-state index contributed by atoms with van der Waals surface area (Å²) in [5, 5.41) is 0. The zero-order valence-corrected chi connectivity index (χ0v) is 14.9. The molecular weight excluding hydrogens is 352 g/mol. The number of hydrogen-bond acceptors (Lipinski definition) is 6. The smallest absolute Gasteiger partial charge is 0.244 e. The van der Waals surface area contributed by atoms with Crippen molar-refractivity contribution in [3.8, 4) is 0 Å². The van der Waals surface area contributed by atoms with E-state index in [9.17, 15) is 8.42 Å². The third-order valence-electron chi connectivity index (χ3n) is 4.36. The highest BCUT2D eigenvalue weighted by molar-refractivity contribution is 7.89. The Hall–Kier alpha value is -2.58. The molecule has 0 radical (unpaired) electrons. The van der Waals surface area contributed by atoms with Gasteiger partial charge in [-0.1, -0.05) is 6.07 Å². The third-order valence-corrected chi connectivity index (χ3v) is 6.19. The van der Waals surface area contributed by atoms with Gasteiger partial charge in [-0.05, 0) is 30.2 Å². The highest BCUT2D eigenvalue weighted by Gasteiger charge is 2.31. The van der Waals surface area contributed by atoms with Crippen LogP contribution in [0.25, 0.3) is 0 Å². The largest absolute Gasteiger partial charge is 0.445 e. The number of nitrogens with zero attached hydrogens (tertiary/aromatic N) is 4. The molecule has 7 nitrogen and oxygen atoms in total. The van der Waals surface area contributed by atoms with E-state index in [0.29, 0.717) is 31.0 Å². The van der Waals surface area contributed by atoms with E-state index in [1.807, 2.05) is 18.3 Å². The molecule has 3 aromatic rings. The molecule has 26 heavy (non-hydrogen) atoms. The summed E-state index contributed by atoms with van der Waals surface area (Å²) in [5.41, 5.74) is 1.81. The first-order valence-corrected chi connectivity index (χ1v) is 9.83. The summed E-state index contributed by atoms with van der Waals surface area (Å²) in [5.74, 6) is 1.42. The Morgan fingerprint density at radius 2 is 1.88 bits per heavy atom. The standard InChI is InChI=1S/C18H18N4O3S/c23-26(24,15-4-2-9-20-12-15)22-10-7-17-16(13-22)21-18(25-17)6-5-14-3-1-8-19-11-14/h1-4,8-9,11-12H,5-7,10,13H2. The van der Waals surface area contributed by atoms with Crippen LogP contribution in [0.5, 0.6) is 0 Å². The maximum Gasteiger partial charge on any atom is 0.244 e. The summed E-state index contributed by atoms with van der Waals surface area (Å²) < 4.78 is 32.7.